The summed E-state index contributed by atoms with van der Waals surface area (Å²) in [7, 11) is 0. The molecule has 2 heteroatoms. The van der Waals surface area contributed by atoms with Crippen molar-refractivity contribution >= 4 is 0 Å². The Hall–Kier alpha value is -0.340. The molecule has 0 bridgehead atoms. The van der Waals surface area contributed by atoms with Crippen LogP contribution in [0.25, 0.3) is 0 Å². The van der Waals surface area contributed by atoms with E-state index < -0.39 is 0 Å². The molecule has 0 aliphatic carbocycles. The van der Waals surface area contributed by atoms with Crippen LogP contribution in [0.1, 0.15) is 12.8 Å². The molecule has 0 aromatic carbocycles. The van der Waals surface area contributed by atoms with Crippen LogP contribution in [0, 0.1) is 0 Å². The fourth-order valence-corrected chi connectivity index (χ4v) is 0.498. The highest BCUT2D eigenvalue weighted by atomic mass is 16.3. The lowest BCUT2D eigenvalue weighted by molar-refractivity contribution is 0.276. The van der Waals surface area contributed by atoms with E-state index in [2.05, 4.69) is 6.58 Å². The first-order valence-electron chi connectivity index (χ1n) is 2.78. The van der Waals surface area contributed by atoms with Gasteiger partial charge in [0.15, 0.2) is 0 Å². The van der Waals surface area contributed by atoms with E-state index in [1.807, 2.05) is 0 Å². The normalized spacial score (nSPS) is 13.2. The molecule has 8 heavy (non-hydrogen) atoms. The second-order valence-electron chi connectivity index (χ2n) is 1.80. The molecule has 0 saturated carbocycles. The predicted octanol–water partition coefficient (Wildman–Crippen LogP) is 0.272. The number of rotatable bonds is 4. The zero-order chi connectivity index (χ0) is 6.41. The van der Waals surface area contributed by atoms with E-state index in [-0.39, 0.29) is 12.6 Å². The summed E-state index contributed by atoms with van der Waals surface area (Å²) in [5, 5.41) is 8.35. The second kappa shape index (κ2) is 4.81. The monoisotopic (exact) mass is 115 g/mol. The molecule has 2 nitrogen and oxygen atoms in total. The molecule has 0 aromatic rings. The van der Waals surface area contributed by atoms with Gasteiger partial charge in [-0.25, -0.2) is 0 Å². The lowest BCUT2D eigenvalue weighted by atomic mass is 10.2. The highest BCUT2D eigenvalue weighted by Crippen LogP contribution is 1.92. The zero-order valence-corrected chi connectivity index (χ0v) is 5.01. The lowest BCUT2D eigenvalue weighted by Gasteiger charge is -2.03. The van der Waals surface area contributed by atoms with Crippen LogP contribution in [0.5, 0.6) is 0 Å². The van der Waals surface area contributed by atoms with Crippen LogP contribution >= 0.6 is 0 Å². The van der Waals surface area contributed by atoms with Crippen LogP contribution in [0.15, 0.2) is 12.7 Å². The number of aliphatic hydroxyl groups is 1. The van der Waals surface area contributed by atoms with Crippen molar-refractivity contribution in [1.29, 1.82) is 0 Å². The fourth-order valence-electron chi connectivity index (χ4n) is 0.498. The molecule has 0 aromatic heterocycles. The van der Waals surface area contributed by atoms with Gasteiger partial charge in [-0.1, -0.05) is 6.08 Å². The van der Waals surface area contributed by atoms with Gasteiger partial charge in [-0.3, -0.25) is 0 Å². The average Bonchev–Trinajstić information content (AvgIpc) is 1.68. The number of nitrogens with two attached hydrogens (primary N) is 1. The van der Waals surface area contributed by atoms with Gasteiger partial charge in [-0.05, 0) is 12.8 Å². The van der Waals surface area contributed by atoms with Gasteiger partial charge in [0.1, 0.15) is 0 Å². The topological polar surface area (TPSA) is 46.2 Å². The molecule has 1 unspecified atom stereocenters. The Bertz CT molecular complexity index is 63.5. The Kier molecular flexibility index (Phi) is 4.61. The Morgan fingerprint density at radius 3 is 2.75 bits per heavy atom. The Morgan fingerprint density at radius 1 is 1.75 bits per heavy atom. The molecular formula is C6H13NO. The first-order valence-corrected chi connectivity index (χ1v) is 2.78. The largest absolute Gasteiger partial charge is 0.396 e. The van der Waals surface area contributed by atoms with E-state index >= 15 is 0 Å². The van der Waals surface area contributed by atoms with E-state index in [1.165, 1.54) is 0 Å². The third-order valence-electron chi connectivity index (χ3n) is 0.969. The SMILES string of the molecule is C=CCC(N)CCO. The highest BCUT2D eigenvalue weighted by molar-refractivity contribution is 4.74. The Balaban J connectivity index is 3.03. The third kappa shape index (κ3) is 3.84. The summed E-state index contributed by atoms with van der Waals surface area (Å²) in [6.45, 7) is 3.70. The molecular weight excluding hydrogens is 102 g/mol. The highest BCUT2D eigenvalue weighted by Gasteiger charge is 1.95. The van der Waals surface area contributed by atoms with Crippen molar-refractivity contribution in [3.05, 3.63) is 12.7 Å². The minimum absolute atomic E-state index is 0.0949. The van der Waals surface area contributed by atoms with Crippen molar-refractivity contribution in [3.8, 4) is 0 Å². The summed E-state index contributed by atoms with van der Waals surface area (Å²) in [4.78, 5) is 0. The van der Waals surface area contributed by atoms with E-state index in [1.54, 1.807) is 6.08 Å². The minimum Gasteiger partial charge on any atom is -0.396 e. The van der Waals surface area contributed by atoms with Crippen LogP contribution in [0.3, 0.4) is 0 Å². The third-order valence-corrected chi connectivity index (χ3v) is 0.969. The molecule has 0 aliphatic rings. The molecule has 0 heterocycles. The zero-order valence-electron chi connectivity index (χ0n) is 5.01. The van der Waals surface area contributed by atoms with Gasteiger partial charge in [0, 0.05) is 12.6 Å². The van der Waals surface area contributed by atoms with E-state index in [0.29, 0.717) is 6.42 Å². The minimum atomic E-state index is 0.0949. The van der Waals surface area contributed by atoms with Crippen molar-refractivity contribution < 1.29 is 5.11 Å². The van der Waals surface area contributed by atoms with Gasteiger partial charge < -0.3 is 10.8 Å². The summed E-state index contributed by atoms with van der Waals surface area (Å²) in [6.07, 6.45) is 3.23. The van der Waals surface area contributed by atoms with Gasteiger partial charge >= 0.3 is 0 Å². The number of aliphatic hydroxyl groups excluding tert-OH is 1. The van der Waals surface area contributed by atoms with Crippen LogP contribution in [-0.2, 0) is 0 Å². The molecule has 0 radical (unpaired) electrons. The molecule has 3 N–H and O–H groups in total. The molecule has 0 amide bonds. The first kappa shape index (κ1) is 7.66. The average molecular weight is 115 g/mol. The quantitative estimate of drug-likeness (QED) is 0.517. The van der Waals surface area contributed by atoms with Gasteiger partial charge in [-0.15, -0.1) is 6.58 Å². The van der Waals surface area contributed by atoms with Crippen molar-refractivity contribution in [2.45, 2.75) is 18.9 Å². The summed E-state index contributed by atoms with van der Waals surface area (Å²) >= 11 is 0. The number of hydrogen-bond acceptors (Lipinski definition) is 2. The van der Waals surface area contributed by atoms with Crippen molar-refractivity contribution in [1.82, 2.24) is 0 Å². The first-order chi connectivity index (χ1) is 3.81. The van der Waals surface area contributed by atoms with Crippen LogP contribution in [0.4, 0.5) is 0 Å². The maximum absolute atomic E-state index is 8.35. The summed E-state index contributed by atoms with van der Waals surface area (Å²) in [5.41, 5.74) is 5.46. The lowest BCUT2D eigenvalue weighted by Crippen LogP contribution is -2.19. The summed E-state index contributed by atoms with van der Waals surface area (Å²) in [5.74, 6) is 0. The summed E-state index contributed by atoms with van der Waals surface area (Å²) in [6, 6.07) is 0.0949. The summed E-state index contributed by atoms with van der Waals surface area (Å²) < 4.78 is 0. The molecule has 0 spiro atoms. The molecule has 0 aliphatic heterocycles. The second-order valence-corrected chi connectivity index (χ2v) is 1.80. The Morgan fingerprint density at radius 2 is 2.38 bits per heavy atom. The molecule has 48 valence electrons. The van der Waals surface area contributed by atoms with Crippen LogP contribution in [0.2, 0.25) is 0 Å². The van der Waals surface area contributed by atoms with E-state index in [0.717, 1.165) is 6.42 Å². The Labute approximate surface area is 50.0 Å². The van der Waals surface area contributed by atoms with E-state index in [4.69, 9.17) is 10.8 Å². The van der Waals surface area contributed by atoms with Gasteiger partial charge in [0.2, 0.25) is 0 Å². The van der Waals surface area contributed by atoms with E-state index in [9.17, 15) is 0 Å². The maximum atomic E-state index is 8.35. The van der Waals surface area contributed by atoms with Crippen molar-refractivity contribution in [2.75, 3.05) is 6.61 Å². The molecule has 0 saturated heterocycles. The maximum Gasteiger partial charge on any atom is 0.0445 e. The van der Waals surface area contributed by atoms with Crippen molar-refractivity contribution in [3.63, 3.8) is 0 Å². The molecule has 1 atom stereocenters. The van der Waals surface area contributed by atoms with Gasteiger partial charge in [0.05, 0.1) is 0 Å². The predicted molar refractivity (Wildman–Crippen MR) is 34.5 cm³/mol. The smallest absolute Gasteiger partial charge is 0.0445 e. The van der Waals surface area contributed by atoms with Crippen molar-refractivity contribution in [2.24, 2.45) is 5.73 Å². The fraction of sp³-hybridized carbons (Fsp3) is 0.667. The molecule has 0 fully saturated rings. The van der Waals surface area contributed by atoms with Crippen LogP contribution in [-0.4, -0.2) is 17.8 Å². The van der Waals surface area contributed by atoms with Crippen LogP contribution < -0.4 is 5.73 Å². The number of hydrogen-bond donors (Lipinski definition) is 2. The standard InChI is InChI=1S/C6H13NO/c1-2-3-6(7)4-5-8/h2,6,8H,1,3-5,7H2. The van der Waals surface area contributed by atoms with Gasteiger partial charge in [-0.2, -0.15) is 0 Å². The molecule has 0 rings (SSSR count). The van der Waals surface area contributed by atoms with Gasteiger partial charge in [0.25, 0.3) is 0 Å².